The lowest BCUT2D eigenvalue weighted by Gasteiger charge is -2.39. The minimum atomic E-state index is 0.601. The zero-order valence-corrected chi connectivity index (χ0v) is 10.4. The van der Waals surface area contributed by atoms with Crippen LogP contribution in [0.15, 0.2) is 18.5 Å². The highest BCUT2D eigenvalue weighted by atomic mass is 15.2. The van der Waals surface area contributed by atoms with E-state index in [1.54, 1.807) is 0 Å². The van der Waals surface area contributed by atoms with Gasteiger partial charge in [0.05, 0.1) is 0 Å². The molecule has 3 nitrogen and oxygen atoms in total. The predicted molar refractivity (Wildman–Crippen MR) is 66.3 cm³/mol. The van der Waals surface area contributed by atoms with Crippen LogP contribution in [0.25, 0.3) is 0 Å². The van der Waals surface area contributed by atoms with Crippen molar-refractivity contribution in [2.75, 3.05) is 13.1 Å². The van der Waals surface area contributed by atoms with Crippen LogP contribution in [0.4, 0.5) is 0 Å². The Morgan fingerprint density at radius 3 is 2.62 bits per heavy atom. The monoisotopic (exact) mass is 219 g/mol. The number of piperazine rings is 1. The molecule has 2 atom stereocenters. The maximum absolute atomic E-state index is 4.26. The molecule has 1 aliphatic rings. The average molecular weight is 219 g/mol. The van der Waals surface area contributed by atoms with Gasteiger partial charge in [-0.15, -0.1) is 0 Å². The molecule has 16 heavy (non-hydrogen) atoms. The van der Waals surface area contributed by atoms with E-state index < -0.39 is 0 Å². The van der Waals surface area contributed by atoms with Gasteiger partial charge in [-0.1, -0.05) is 6.07 Å². The van der Waals surface area contributed by atoms with Gasteiger partial charge in [0, 0.05) is 44.1 Å². The molecule has 0 saturated carbocycles. The molecule has 0 aromatic carbocycles. The number of aromatic nitrogens is 1. The highest BCUT2D eigenvalue weighted by molar-refractivity contribution is 5.16. The van der Waals surface area contributed by atoms with Crippen molar-refractivity contribution in [3.05, 3.63) is 29.6 Å². The first-order chi connectivity index (χ1) is 7.66. The number of nitrogens with one attached hydrogen (secondary N) is 1. The number of nitrogens with zero attached hydrogens (tertiary/aromatic N) is 2. The first-order valence-electron chi connectivity index (χ1n) is 6.04. The zero-order valence-electron chi connectivity index (χ0n) is 10.4. The van der Waals surface area contributed by atoms with Gasteiger partial charge in [-0.3, -0.25) is 9.88 Å². The van der Waals surface area contributed by atoms with Crippen LogP contribution in [-0.4, -0.2) is 35.1 Å². The second-order valence-corrected chi connectivity index (χ2v) is 4.90. The van der Waals surface area contributed by atoms with Crippen molar-refractivity contribution in [3.8, 4) is 0 Å². The Hall–Kier alpha value is -0.930. The number of rotatable bonds is 2. The first-order valence-corrected chi connectivity index (χ1v) is 6.04. The summed E-state index contributed by atoms with van der Waals surface area (Å²) in [5, 5.41) is 3.45. The molecule has 1 fully saturated rings. The van der Waals surface area contributed by atoms with E-state index in [0.717, 1.165) is 19.6 Å². The summed E-state index contributed by atoms with van der Waals surface area (Å²) in [5.41, 5.74) is 2.56. The van der Waals surface area contributed by atoms with Crippen molar-refractivity contribution in [3.63, 3.8) is 0 Å². The Kier molecular flexibility index (Phi) is 3.56. The summed E-state index contributed by atoms with van der Waals surface area (Å²) < 4.78 is 0. The van der Waals surface area contributed by atoms with Crippen molar-refractivity contribution in [1.82, 2.24) is 15.2 Å². The number of hydrogen-bond donors (Lipinski definition) is 1. The lowest BCUT2D eigenvalue weighted by Crippen LogP contribution is -2.54. The third-order valence-electron chi connectivity index (χ3n) is 3.31. The van der Waals surface area contributed by atoms with Gasteiger partial charge >= 0.3 is 0 Å². The van der Waals surface area contributed by atoms with Gasteiger partial charge < -0.3 is 5.32 Å². The van der Waals surface area contributed by atoms with Crippen LogP contribution in [-0.2, 0) is 6.54 Å². The quantitative estimate of drug-likeness (QED) is 0.818. The van der Waals surface area contributed by atoms with E-state index in [4.69, 9.17) is 0 Å². The van der Waals surface area contributed by atoms with Crippen molar-refractivity contribution in [1.29, 1.82) is 0 Å². The van der Waals surface area contributed by atoms with Gasteiger partial charge in [-0.25, -0.2) is 0 Å². The molecule has 2 rings (SSSR count). The van der Waals surface area contributed by atoms with Gasteiger partial charge in [0.25, 0.3) is 0 Å². The third-order valence-corrected chi connectivity index (χ3v) is 3.31. The molecule has 1 aliphatic heterocycles. The molecule has 88 valence electrons. The van der Waals surface area contributed by atoms with E-state index in [1.165, 1.54) is 11.1 Å². The standard InChI is InChI=1S/C13H21N3/c1-10-4-13(8-14-5-10)9-16-11(2)6-15-7-12(16)3/h4-5,8,11-12,15H,6-7,9H2,1-3H3. The second kappa shape index (κ2) is 4.93. The molecule has 0 bridgehead atoms. The molecule has 0 radical (unpaired) electrons. The van der Waals surface area contributed by atoms with E-state index in [-0.39, 0.29) is 0 Å². The maximum Gasteiger partial charge on any atom is 0.0313 e. The molecule has 0 spiro atoms. The summed E-state index contributed by atoms with van der Waals surface area (Å²) in [6.07, 6.45) is 3.89. The van der Waals surface area contributed by atoms with Gasteiger partial charge in [-0.05, 0) is 31.9 Å². The maximum atomic E-state index is 4.26. The molecule has 1 saturated heterocycles. The van der Waals surface area contributed by atoms with Crippen LogP contribution in [0.1, 0.15) is 25.0 Å². The Morgan fingerprint density at radius 1 is 1.31 bits per heavy atom. The van der Waals surface area contributed by atoms with Crippen molar-refractivity contribution in [2.45, 2.75) is 39.4 Å². The largest absolute Gasteiger partial charge is 0.314 e. The number of aryl methyl sites for hydroxylation is 1. The Morgan fingerprint density at radius 2 is 2.00 bits per heavy atom. The third kappa shape index (κ3) is 2.60. The fraction of sp³-hybridized carbons (Fsp3) is 0.615. The minimum absolute atomic E-state index is 0.601. The van der Waals surface area contributed by atoms with Crippen molar-refractivity contribution >= 4 is 0 Å². The highest BCUT2D eigenvalue weighted by Gasteiger charge is 2.24. The van der Waals surface area contributed by atoms with Crippen LogP contribution in [0.2, 0.25) is 0 Å². The summed E-state index contributed by atoms with van der Waals surface area (Å²) in [4.78, 5) is 6.81. The molecule has 1 N–H and O–H groups in total. The summed E-state index contributed by atoms with van der Waals surface area (Å²) >= 11 is 0. The average Bonchev–Trinajstić information content (AvgIpc) is 2.24. The second-order valence-electron chi connectivity index (χ2n) is 4.90. The molecule has 1 aromatic heterocycles. The molecule has 2 unspecified atom stereocenters. The fourth-order valence-corrected chi connectivity index (χ4v) is 2.40. The molecule has 0 aliphatic carbocycles. The van der Waals surface area contributed by atoms with Gasteiger partial charge in [0.15, 0.2) is 0 Å². The smallest absolute Gasteiger partial charge is 0.0313 e. The Labute approximate surface area is 97.9 Å². The molecular weight excluding hydrogens is 198 g/mol. The van der Waals surface area contributed by atoms with E-state index >= 15 is 0 Å². The van der Waals surface area contributed by atoms with Crippen LogP contribution in [0, 0.1) is 6.92 Å². The summed E-state index contributed by atoms with van der Waals surface area (Å²) in [6.45, 7) is 9.85. The summed E-state index contributed by atoms with van der Waals surface area (Å²) in [6, 6.07) is 3.43. The summed E-state index contributed by atoms with van der Waals surface area (Å²) in [5.74, 6) is 0. The van der Waals surface area contributed by atoms with Crippen molar-refractivity contribution < 1.29 is 0 Å². The zero-order chi connectivity index (χ0) is 11.5. The molecule has 3 heteroatoms. The normalized spacial score (nSPS) is 26.9. The minimum Gasteiger partial charge on any atom is -0.314 e. The van der Waals surface area contributed by atoms with E-state index in [1.807, 2.05) is 12.4 Å². The molecule has 0 amide bonds. The Balaban J connectivity index is 2.07. The molecular formula is C13H21N3. The predicted octanol–water partition coefficient (Wildman–Crippen LogP) is 1.57. The van der Waals surface area contributed by atoms with Crippen LogP contribution >= 0.6 is 0 Å². The van der Waals surface area contributed by atoms with Crippen LogP contribution in [0.5, 0.6) is 0 Å². The van der Waals surface area contributed by atoms with Crippen LogP contribution in [0.3, 0.4) is 0 Å². The van der Waals surface area contributed by atoms with Gasteiger partial charge in [0.2, 0.25) is 0 Å². The first kappa shape index (κ1) is 11.6. The lowest BCUT2D eigenvalue weighted by atomic mass is 10.1. The highest BCUT2D eigenvalue weighted by Crippen LogP contribution is 2.14. The molecule has 2 heterocycles. The SMILES string of the molecule is Cc1cncc(CN2C(C)CNCC2C)c1. The lowest BCUT2D eigenvalue weighted by molar-refractivity contribution is 0.108. The van der Waals surface area contributed by atoms with Crippen molar-refractivity contribution in [2.24, 2.45) is 0 Å². The number of pyridine rings is 1. The van der Waals surface area contributed by atoms with Gasteiger partial charge in [0.1, 0.15) is 0 Å². The summed E-state index contributed by atoms with van der Waals surface area (Å²) in [7, 11) is 0. The Bertz CT molecular complexity index is 341. The molecule has 1 aromatic rings. The van der Waals surface area contributed by atoms with E-state index in [9.17, 15) is 0 Å². The van der Waals surface area contributed by atoms with Crippen LogP contribution < -0.4 is 5.32 Å². The van der Waals surface area contributed by atoms with E-state index in [2.05, 4.69) is 42.0 Å². The van der Waals surface area contributed by atoms with E-state index in [0.29, 0.717) is 12.1 Å². The van der Waals surface area contributed by atoms with Gasteiger partial charge in [-0.2, -0.15) is 0 Å². The number of hydrogen-bond acceptors (Lipinski definition) is 3. The fourth-order valence-electron chi connectivity index (χ4n) is 2.40. The topological polar surface area (TPSA) is 28.2 Å².